The molecule has 0 aliphatic heterocycles. The van der Waals surface area contributed by atoms with Crippen LogP contribution in [0.25, 0.3) is 0 Å². The minimum atomic E-state index is 0.0303. The highest BCUT2D eigenvalue weighted by atomic mass is 79.9. The van der Waals surface area contributed by atoms with Gasteiger partial charge in [0.1, 0.15) is 0 Å². The SMILES string of the molecule is BrCC(OCc1ccccc1Br)c1ccccc1Br. The first-order valence-corrected chi connectivity index (χ1v) is 8.58. The molecule has 2 aromatic rings. The average molecular weight is 449 g/mol. The lowest BCUT2D eigenvalue weighted by Crippen LogP contribution is -2.07. The average Bonchev–Trinajstić information content (AvgIpc) is 2.43. The van der Waals surface area contributed by atoms with Crippen LogP contribution in [0.4, 0.5) is 0 Å². The minimum absolute atomic E-state index is 0.0303. The summed E-state index contributed by atoms with van der Waals surface area (Å²) in [4.78, 5) is 0. The van der Waals surface area contributed by atoms with Gasteiger partial charge in [0.15, 0.2) is 0 Å². The molecule has 0 fully saturated rings. The van der Waals surface area contributed by atoms with E-state index >= 15 is 0 Å². The predicted octanol–water partition coefficient (Wildman–Crippen LogP) is 5.86. The van der Waals surface area contributed by atoms with Gasteiger partial charge in [0.25, 0.3) is 0 Å². The van der Waals surface area contributed by atoms with Crippen LogP contribution in [0.2, 0.25) is 0 Å². The monoisotopic (exact) mass is 446 g/mol. The van der Waals surface area contributed by atoms with Gasteiger partial charge in [-0.1, -0.05) is 84.2 Å². The van der Waals surface area contributed by atoms with E-state index < -0.39 is 0 Å². The Bertz CT molecular complexity index is 542. The van der Waals surface area contributed by atoms with Crippen molar-refractivity contribution >= 4 is 47.8 Å². The minimum Gasteiger partial charge on any atom is -0.368 e. The maximum atomic E-state index is 6.02. The van der Waals surface area contributed by atoms with Gasteiger partial charge in [-0.3, -0.25) is 0 Å². The molecule has 0 radical (unpaired) electrons. The topological polar surface area (TPSA) is 9.23 Å². The molecule has 0 N–H and O–H groups in total. The highest BCUT2D eigenvalue weighted by molar-refractivity contribution is 9.11. The van der Waals surface area contributed by atoms with Crippen LogP contribution >= 0.6 is 47.8 Å². The fourth-order valence-corrected chi connectivity index (χ4v) is 3.23. The molecule has 2 aromatic carbocycles. The van der Waals surface area contributed by atoms with E-state index in [0.29, 0.717) is 6.61 Å². The second-order valence-electron chi connectivity index (χ2n) is 4.07. The maximum Gasteiger partial charge on any atom is 0.0937 e. The summed E-state index contributed by atoms with van der Waals surface area (Å²) in [5.41, 5.74) is 2.31. The molecule has 0 aliphatic rings. The van der Waals surface area contributed by atoms with Crippen molar-refractivity contribution in [1.82, 2.24) is 0 Å². The molecule has 0 aromatic heterocycles. The van der Waals surface area contributed by atoms with Gasteiger partial charge in [-0.25, -0.2) is 0 Å². The lowest BCUT2D eigenvalue weighted by atomic mass is 10.1. The van der Waals surface area contributed by atoms with Crippen molar-refractivity contribution in [2.24, 2.45) is 0 Å². The normalized spacial score (nSPS) is 12.4. The summed E-state index contributed by atoms with van der Waals surface area (Å²) in [5.74, 6) is 0. The van der Waals surface area contributed by atoms with Crippen LogP contribution in [0.15, 0.2) is 57.5 Å². The molecule has 4 heteroatoms. The molecule has 0 bridgehead atoms. The Kier molecular flexibility index (Phi) is 6.07. The zero-order chi connectivity index (χ0) is 13.7. The van der Waals surface area contributed by atoms with Gasteiger partial charge in [0.2, 0.25) is 0 Å². The zero-order valence-electron chi connectivity index (χ0n) is 10.2. The molecule has 0 amide bonds. The Morgan fingerprint density at radius 1 is 0.895 bits per heavy atom. The van der Waals surface area contributed by atoms with E-state index in [4.69, 9.17) is 4.74 Å². The van der Waals surface area contributed by atoms with Gasteiger partial charge in [0.05, 0.1) is 12.7 Å². The van der Waals surface area contributed by atoms with Crippen molar-refractivity contribution in [2.45, 2.75) is 12.7 Å². The van der Waals surface area contributed by atoms with E-state index in [0.717, 1.165) is 25.4 Å². The third-order valence-corrected chi connectivity index (χ3v) is 4.87. The van der Waals surface area contributed by atoms with Crippen LogP contribution in [-0.4, -0.2) is 5.33 Å². The summed E-state index contributed by atoms with van der Waals surface area (Å²) >= 11 is 10.6. The van der Waals surface area contributed by atoms with Gasteiger partial charge in [0, 0.05) is 14.3 Å². The van der Waals surface area contributed by atoms with Crippen molar-refractivity contribution in [2.75, 3.05) is 5.33 Å². The van der Waals surface area contributed by atoms with Gasteiger partial charge in [-0.2, -0.15) is 0 Å². The first kappa shape index (κ1) is 15.2. The smallest absolute Gasteiger partial charge is 0.0937 e. The van der Waals surface area contributed by atoms with E-state index in [1.165, 1.54) is 0 Å². The molecule has 0 saturated carbocycles. The van der Waals surface area contributed by atoms with Crippen LogP contribution in [0.1, 0.15) is 17.2 Å². The van der Waals surface area contributed by atoms with Crippen molar-refractivity contribution in [3.63, 3.8) is 0 Å². The van der Waals surface area contributed by atoms with Gasteiger partial charge >= 0.3 is 0 Å². The number of benzene rings is 2. The Labute approximate surface area is 138 Å². The molecule has 0 saturated heterocycles. The zero-order valence-corrected chi connectivity index (χ0v) is 14.9. The number of halogens is 3. The lowest BCUT2D eigenvalue weighted by molar-refractivity contribution is 0.0558. The molecule has 2 rings (SSSR count). The molecule has 1 unspecified atom stereocenters. The molecular weight excluding hydrogens is 436 g/mol. The highest BCUT2D eigenvalue weighted by Crippen LogP contribution is 2.29. The Morgan fingerprint density at radius 3 is 2.16 bits per heavy atom. The van der Waals surface area contributed by atoms with E-state index in [2.05, 4.69) is 59.9 Å². The summed E-state index contributed by atoms with van der Waals surface area (Å²) < 4.78 is 8.17. The van der Waals surface area contributed by atoms with Crippen LogP contribution in [0, 0.1) is 0 Å². The van der Waals surface area contributed by atoms with E-state index in [9.17, 15) is 0 Å². The second-order valence-corrected chi connectivity index (χ2v) is 6.42. The maximum absolute atomic E-state index is 6.02. The van der Waals surface area contributed by atoms with Crippen molar-refractivity contribution < 1.29 is 4.74 Å². The largest absolute Gasteiger partial charge is 0.368 e. The van der Waals surface area contributed by atoms with Crippen molar-refractivity contribution in [3.8, 4) is 0 Å². The van der Waals surface area contributed by atoms with Crippen molar-refractivity contribution in [3.05, 3.63) is 68.6 Å². The molecular formula is C15H13Br3O. The third kappa shape index (κ3) is 4.15. The molecule has 0 spiro atoms. The first-order chi connectivity index (χ1) is 9.22. The van der Waals surface area contributed by atoms with Gasteiger partial charge in [-0.05, 0) is 23.3 Å². The van der Waals surface area contributed by atoms with Gasteiger partial charge < -0.3 is 4.74 Å². The molecule has 0 aliphatic carbocycles. The first-order valence-electron chi connectivity index (χ1n) is 5.87. The number of hydrogen-bond donors (Lipinski definition) is 0. The fourth-order valence-electron chi connectivity index (χ4n) is 1.76. The Balaban J connectivity index is 2.09. The summed E-state index contributed by atoms with van der Waals surface area (Å²) in [6, 6.07) is 16.3. The molecule has 1 nitrogen and oxygen atoms in total. The summed E-state index contributed by atoms with van der Waals surface area (Å²) in [6.07, 6.45) is 0.0303. The lowest BCUT2D eigenvalue weighted by Gasteiger charge is -2.17. The molecule has 100 valence electrons. The third-order valence-electron chi connectivity index (χ3n) is 2.79. The molecule has 19 heavy (non-hydrogen) atoms. The van der Waals surface area contributed by atoms with Crippen LogP contribution in [-0.2, 0) is 11.3 Å². The van der Waals surface area contributed by atoms with Crippen LogP contribution in [0.3, 0.4) is 0 Å². The number of hydrogen-bond acceptors (Lipinski definition) is 1. The number of ether oxygens (including phenoxy) is 1. The Hall–Kier alpha value is -0.160. The van der Waals surface area contributed by atoms with E-state index in [1.54, 1.807) is 0 Å². The number of alkyl halides is 1. The summed E-state index contributed by atoms with van der Waals surface area (Å²) in [7, 11) is 0. The summed E-state index contributed by atoms with van der Waals surface area (Å²) in [6.45, 7) is 0.582. The molecule has 0 heterocycles. The molecule has 1 atom stereocenters. The van der Waals surface area contributed by atoms with Crippen LogP contribution in [0.5, 0.6) is 0 Å². The van der Waals surface area contributed by atoms with Crippen LogP contribution < -0.4 is 0 Å². The second kappa shape index (κ2) is 7.58. The highest BCUT2D eigenvalue weighted by Gasteiger charge is 2.14. The van der Waals surface area contributed by atoms with Gasteiger partial charge in [-0.15, -0.1) is 0 Å². The standard InChI is InChI=1S/C15H13Br3O/c16-9-15(12-6-2-4-8-14(12)18)19-10-11-5-1-3-7-13(11)17/h1-8,15H,9-10H2. The predicted molar refractivity (Wildman–Crippen MR) is 89.6 cm³/mol. The quantitative estimate of drug-likeness (QED) is 0.520. The van der Waals surface area contributed by atoms with E-state index in [1.807, 2.05) is 36.4 Å². The number of rotatable bonds is 5. The Morgan fingerprint density at radius 2 is 1.53 bits per heavy atom. The summed E-state index contributed by atoms with van der Waals surface area (Å²) in [5, 5.41) is 0.764. The van der Waals surface area contributed by atoms with E-state index in [-0.39, 0.29) is 6.10 Å². The fraction of sp³-hybridized carbons (Fsp3) is 0.200. The van der Waals surface area contributed by atoms with Crippen molar-refractivity contribution in [1.29, 1.82) is 0 Å².